The molecule has 8 nitrogen and oxygen atoms in total. The predicted molar refractivity (Wildman–Crippen MR) is 90.2 cm³/mol. The Morgan fingerprint density at radius 1 is 1.09 bits per heavy atom. The number of fused-ring (bicyclic) bond motifs is 3. The fourth-order valence-electron chi connectivity index (χ4n) is 3.22. The average Bonchev–Trinajstić information content (AvgIpc) is 3.11. The topological polar surface area (TPSA) is 68.3 Å². The molecule has 2 aromatic heterocycles. The van der Waals surface area contributed by atoms with Crippen LogP contribution >= 0.6 is 0 Å². The van der Waals surface area contributed by atoms with Crippen LogP contribution in [0.2, 0.25) is 0 Å². The molecule has 23 heavy (non-hydrogen) atoms. The number of hydrogen-bond donors (Lipinski definition) is 0. The minimum atomic E-state index is -0.339. The molecule has 126 valence electrons. The number of anilines is 1. The van der Waals surface area contributed by atoms with Gasteiger partial charge in [0.25, 0.3) is 5.56 Å². The maximum absolute atomic E-state index is 12.4. The summed E-state index contributed by atoms with van der Waals surface area (Å²) in [5.74, 6) is 0.797. The van der Waals surface area contributed by atoms with Gasteiger partial charge in [-0.3, -0.25) is 13.9 Å². The van der Waals surface area contributed by atoms with Crippen LogP contribution in [0.4, 0.5) is 5.95 Å². The standard InChI is InChI=1S/C15H24N6O2/c1-5-19(6-2)7-8-20-9-10-21-11-12(16-14(20)21)17(3)15(23)18(4)13(11)22/h5-10H2,1-4H3. The van der Waals surface area contributed by atoms with Crippen LogP contribution in [-0.4, -0.2) is 56.3 Å². The first-order chi connectivity index (χ1) is 11.0. The van der Waals surface area contributed by atoms with Crippen LogP contribution < -0.4 is 16.1 Å². The summed E-state index contributed by atoms with van der Waals surface area (Å²) in [6.07, 6.45) is 0. The van der Waals surface area contributed by atoms with Crippen molar-refractivity contribution in [1.29, 1.82) is 0 Å². The van der Waals surface area contributed by atoms with Gasteiger partial charge in [-0.1, -0.05) is 13.8 Å². The molecule has 0 unspecified atom stereocenters. The molecule has 0 amide bonds. The van der Waals surface area contributed by atoms with Gasteiger partial charge in [-0.05, 0) is 13.1 Å². The lowest BCUT2D eigenvalue weighted by Gasteiger charge is -2.22. The minimum Gasteiger partial charge on any atom is -0.339 e. The second kappa shape index (κ2) is 5.84. The van der Waals surface area contributed by atoms with Gasteiger partial charge in [-0.25, -0.2) is 4.79 Å². The summed E-state index contributed by atoms with van der Waals surface area (Å²) in [5, 5.41) is 0. The molecule has 0 bridgehead atoms. The zero-order valence-electron chi connectivity index (χ0n) is 14.2. The van der Waals surface area contributed by atoms with E-state index in [2.05, 4.69) is 28.6 Å². The fraction of sp³-hybridized carbons (Fsp3) is 0.667. The second-order valence-electron chi connectivity index (χ2n) is 5.96. The molecule has 0 spiro atoms. The van der Waals surface area contributed by atoms with Crippen molar-refractivity contribution in [2.75, 3.05) is 37.6 Å². The number of aromatic nitrogens is 4. The summed E-state index contributed by atoms with van der Waals surface area (Å²) in [6, 6.07) is 0. The molecule has 0 fully saturated rings. The van der Waals surface area contributed by atoms with Crippen molar-refractivity contribution < 1.29 is 0 Å². The second-order valence-corrected chi connectivity index (χ2v) is 5.96. The van der Waals surface area contributed by atoms with Gasteiger partial charge in [0.05, 0.1) is 0 Å². The van der Waals surface area contributed by atoms with Crippen molar-refractivity contribution >= 4 is 17.1 Å². The summed E-state index contributed by atoms with van der Waals surface area (Å²) in [5.41, 5.74) is 0.386. The Hall–Kier alpha value is -2.09. The summed E-state index contributed by atoms with van der Waals surface area (Å²) in [7, 11) is 3.17. The average molecular weight is 320 g/mol. The van der Waals surface area contributed by atoms with Gasteiger partial charge in [0.2, 0.25) is 5.95 Å². The van der Waals surface area contributed by atoms with Gasteiger partial charge in [0.15, 0.2) is 11.2 Å². The molecule has 0 aromatic carbocycles. The molecule has 3 heterocycles. The highest BCUT2D eigenvalue weighted by Crippen LogP contribution is 2.24. The highest BCUT2D eigenvalue weighted by Gasteiger charge is 2.27. The largest absolute Gasteiger partial charge is 0.339 e. The third-order valence-corrected chi connectivity index (χ3v) is 4.78. The van der Waals surface area contributed by atoms with Gasteiger partial charge >= 0.3 is 5.69 Å². The van der Waals surface area contributed by atoms with E-state index < -0.39 is 0 Å². The van der Waals surface area contributed by atoms with Gasteiger partial charge in [-0.15, -0.1) is 0 Å². The number of likely N-dealkylation sites (N-methyl/N-ethyl adjacent to an activating group) is 1. The molecule has 2 aromatic rings. The van der Waals surface area contributed by atoms with Crippen molar-refractivity contribution in [3.63, 3.8) is 0 Å². The van der Waals surface area contributed by atoms with E-state index in [1.807, 2.05) is 4.57 Å². The Labute approximate surface area is 134 Å². The molecule has 3 rings (SSSR count). The van der Waals surface area contributed by atoms with Crippen LogP contribution in [0.3, 0.4) is 0 Å². The molecular formula is C15H24N6O2. The maximum atomic E-state index is 12.4. The van der Waals surface area contributed by atoms with E-state index in [0.29, 0.717) is 11.2 Å². The Morgan fingerprint density at radius 3 is 2.43 bits per heavy atom. The van der Waals surface area contributed by atoms with E-state index in [1.54, 1.807) is 7.05 Å². The minimum absolute atomic E-state index is 0.271. The number of nitrogens with zero attached hydrogens (tertiary/aromatic N) is 6. The number of imidazole rings is 1. The predicted octanol–water partition coefficient (Wildman–Crippen LogP) is -0.404. The lowest BCUT2D eigenvalue weighted by atomic mass is 10.4. The first-order valence-electron chi connectivity index (χ1n) is 8.13. The van der Waals surface area contributed by atoms with E-state index in [1.165, 1.54) is 11.6 Å². The third-order valence-electron chi connectivity index (χ3n) is 4.78. The Balaban J connectivity index is 2.01. The molecule has 8 heteroatoms. The summed E-state index contributed by atoms with van der Waals surface area (Å²) >= 11 is 0. The maximum Gasteiger partial charge on any atom is 0.332 e. The van der Waals surface area contributed by atoms with Crippen molar-refractivity contribution in [3.05, 3.63) is 20.8 Å². The zero-order chi connectivity index (χ0) is 16.7. The molecule has 0 aliphatic carbocycles. The molecule has 0 saturated carbocycles. The first kappa shape index (κ1) is 15.8. The van der Waals surface area contributed by atoms with Crippen LogP contribution in [0.25, 0.3) is 11.2 Å². The third kappa shape index (κ3) is 2.37. The van der Waals surface area contributed by atoms with E-state index in [9.17, 15) is 9.59 Å². The van der Waals surface area contributed by atoms with E-state index >= 15 is 0 Å². The summed E-state index contributed by atoms with van der Waals surface area (Å²) < 4.78 is 4.54. The van der Waals surface area contributed by atoms with Gasteiger partial charge < -0.3 is 14.4 Å². The Bertz CT molecular complexity index is 842. The molecule has 1 aliphatic heterocycles. The first-order valence-corrected chi connectivity index (χ1v) is 8.13. The number of hydrogen-bond acceptors (Lipinski definition) is 5. The molecule has 0 N–H and O–H groups in total. The monoisotopic (exact) mass is 320 g/mol. The van der Waals surface area contributed by atoms with E-state index in [0.717, 1.165) is 49.8 Å². The highest BCUT2D eigenvalue weighted by molar-refractivity contribution is 5.75. The summed E-state index contributed by atoms with van der Waals surface area (Å²) in [6.45, 7) is 9.78. The number of aryl methyl sites for hydroxylation is 1. The lowest BCUT2D eigenvalue weighted by molar-refractivity contribution is 0.310. The van der Waals surface area contributed by atoms with Crippen LogP contribution in [0.1, 0.15) is 13.8 Å². The number of rotatable bonds is 5. The fourth-order valence-corrected chi connectivity index (χ4v) is 3.22. The van der Waals surface area contributed by atoms with Gasteiger partial charge in [-0.2, -0.15) is 4.98 Å². The van der Waals surface area contributed by atoms with E-state index in [4.69, 9.17) is 0 Å². The van der Waals surface area contributed by atoms with Gasteiger partial charge in [0.1, 0.15) is 0 Å². The zero-order valence-corrected chi connectivity index (χ0v) is 14.2. The highest BCUT2D eigenvalue weighted by atomic mass is 16.2. The van der Waals surface area contributed by atoms with Crippen LogP contribution in [0, 0.1) is 0 Å². The van der Waals surface area contributed by atoms with Crippen molar-refractivity contribution in [1.82, 2.24) is 23.6 Å². The summed E-state index contributed by atoms with van der Waals surface area (Å²) in [4.78, 5) is 33.7. The lowest BCUT2D eigenvalue weighted by Crippen LogP contribution is -2.37. The normalized spacial score (nSPS) is 14.2. The molecule has 0 saturated heterocycles. The molecular weight excluding hydrogens is 296 g/mol. The Kier molecular flexibility index (Phi) is 4.01. The molecule has 0 radical (unpaired) electrons. The van der Waals surface area contributed by atoms with Crippen LogP contribution in [0.15, 0.2) is 9.59 Å². The van der Waals surface area contributed by atoms with Crippen molar-refractivity contribution in [2.24, 2.45) is 14.1 Å². The SMILES string of the molecule is CCN(CC)CCN1CCn2c1nc1c2c(=O)n(C)c(=O)n1C. The molecule has 0 atom stereocenters. The van der Waals surface area contributed by atoms with Crippen molar-refractivity contribution in [2.45, 2.75) is 20.4 Å². The van der Waals surface area contributed by atoms with Crippen molar-refractivity contribution in [3.8, 4) is 0 Å². The quantitative estimate of drug-likeness (QED) is 0.749. The van der Waals surface area contributed by atoms with E-state index in [-0.39, 0.29) is 11.2 Å². The molecule has 1 aliphatic rings. The van der Waals surface area contributed by atoms with Crippen LogP contribution in [0.5, 0.6) is 0 Å². The van der Waals surface area contributed by atoms with Gasteiger partial charge in [0, 0.05) is 40.3 Å². The Morgan fingerprint density at radius 2 is 1.78 bits per heavy atom. The smallest absolute Gasteiger partial charge is 0.332 e. The van der Waals surface area contributed by atoms with Crippen LogP contribution in [-0.2, 0) is 20.6 Å².